The van der Waals surface area contributed by atoms with Crippen molar-refractivity contribution in [2.75, 3.05) is 0 Å². The van der Waals surface area contributed by atoms with E-state index < -0.39 is 0 Å². The molecule has 66 valence electrons. The van der Waals surface area contributed by atoms with Crippen LogP contribution in [0.5, 0.6) is 0 Å². The molecule has 0 aromatic heterocycles. The minimum atomic E-state index is 0.0384. The van der Waals surface area contributed by atoms with Crippen LogP contribution in [0.15, 0.2) is 42.5 Å². The molecule has 2 aromatic rings. The highest BCUT2D eigenvalue weighted by atomic mass is 31.1. The van der Waals surface area contributed by atoms with Gasteiger partial charge in [-0.1, -0.05) is 36.4 Å². The third kappa shape index (κ3) is 1.66. The van der Waals surface area contributed by atoms with Crippen LogP contribution in [0.25, 0.3) is 11.1 Å². The molecule has 0 bridgehead atoms. The van der Waals surface area contributed by atoms with Crippen molar-refractivity contribution in [3.63, 3.8) is 0 Å². The molecular weight excluding hydrogens is 191 g/mol. The van der Waals surface area contributed by atoms with Gasteiger partial charge in [-0.3, -0.25) is 4.57 Å². The fraction of sp³-hybridized carbons (Fsp3) is 0. The summed E-state index contributed by atoms with van der Waals surface area (Å²) >= 11 is 0. The lowest BCUT2D eigenvalue weighted by Crippen LogP contribution is -1.95. The van der Waals surface area contributed by atoms with E-state index in [0.717, 1.165) is 16.4 Å². The highest BCUT2D eigenvalue weighted by Crippen LogP contribution is 2.17. The van der Waals surface area contributed by atoms with Crippen LogP contribution in [0.1, 0.15) is 0 Å². The largest absolute Gasteiger partial charge is 0.269 e. The van der Waals surface area contributed by atoms with Crippen LogP contribution in [0, 0.1) is 12.1 Å². The molecule has 0 aliphatic rings. The molecular formula is C12H7OP. The topological polar surface area (TPSA) is 17.1 Å². The summed E-state index contributed by atoms with van der Waals surface area (Å²) in [6.07, 6.45) is 0. The first-order chi connectivity index (χ1) is 6.92. The molecule has 0 aliphatic carbocycles. The van der Waals surface area contributed by atoms with E-state index in [9.17, 15) is 4.57 Å². The smallest absolute Gasteiger partial charge is 0.192 e. The van der Waals surface area contributed by atoms with Crippen LogP contribution in [0.4, 0.5) is 0 Å². The van der Waals surface area contributed by atoms with Gasteiger partial charge in [0.2, 0.25) is 0 Å². The Kier molecular flexibility index (Phi) is 2.58. The van der Waals surface area contributed by atoms with Crippen molar-refractivity contribution in [1.29, 1.82) is 0 Å². The van der Waals surface area contributed by atoms with Gasteiger partial charge in [0.25, 0.3) is 0 Å². The molecule has 2 heteroatoms. The first kappa shape index (κ1) is 8.94. The fourth-order valence-corrected chi connectivity index (χ4v) is 1.73. The van der Waals surface area contributed by atoms with Crippen molar-refractivity contribution in [2.45, 2.75) is 0 Å². The summed E-state index contributed by atoms with van der Waals surface area (Å²) in [4.78, 5) is 0. The first-order valence-corrected chi connectivity index (χ1v) is 5.04. The molecule has 0 saturated heterocycles. The van der Waals surface area contributed by atoms with E-state index in [0.29, 0.717) is 0 Å². The molecule has 14 heavy (non-hydrogen) atoms. The van der Waals surface area contributed by atoms with Crippen LogP contribution in [-0.4, -0.2) is 0 Å². The second-order valence-electron chi connectivity index (χ2n) is 2.82. The molecule has 0 saturated carbocycles. The second-order valence-corrected chi connectivity index (χ2v) is 3.48. The zero-order valence-corrected chi connectivity index (χ0v) is 8.29. The van der Waals surface area contributed by atoms with E-state index in [1.54, 1.807) is 6.07 Å². The Morgan fingerprint density at radius 2 is 1.93 bits per heavy atom. The van der Waals surface area contributed by atoms with Crippen LogP contribution in [0.2, 0.25) is 0 Å². The fourth-order valence-electron chi connectivity index (χ4n) is 1.29. The number of hydrogen-bond acceptors (Lipinski definition) is 1. The molecule has 0 N–H and O–H groups in total. The highest BCUT2D eigenvalue weighted by molar-refractivity contribution is 7.34. The summed E-state index contributed by atoms with van der Waals surface area (Å²) in [5.41, 5.74) is 1.87. The Labute approximate surface area is 84.6 Å². The van der Waals surface area contributed by atoms with Crippen molar-refractivity contribution < 1.29 is 4.57 Å². The second kappa shape index (κ2) is 4.05. The molecule has 0 atom stereocenters. The van der Waals surface area contributed by atoms with Gasteiger partial charge in [-0.05, 0) is 18.2 Å². The minimum absolute atomic E-state index is 0.0384. The van der Waals surface area contributed by atoms with Crippen LogP contribution < -0.4 is 5.30 Å². The quantitative estimate of drug-likeness (QED) is 0.678. The maximum atomic E-state index is 10.9. The van der Waals surface area contributed by atoms with E-state index >= 15 is 0 Å². The molecule has 2 aromatic carbocycles. The summed E-state index contributed by atoms with van der Waals surface area (Å²) in [6.45, 7) is 0. The lowest BCUT2D eigenvalue weighted by molar-refractivity contribution is 0.603. The summed E-state index contributed by atoms with van der Waals surface area (Å²) in [5, 5.41) is 0.781. The third-order valence-electron chi connectivity index (χ3n) is 1.94. The maximum Gasteiger partial charge on any atom is 0.192 e. The van der Waals surface area contributed by atoms with Gasteiger partial charge in [-0.2, -0.15) is 0 Å². The number of rotatable bonds is 2. The van der Waals surface area contributed by atoms with Gasteiger partial charge in [0.05, 0.1) is 5.30 Å². The normalized spacial score (nSPS) is 9.71. The van der Waals surface area contributed by atoms with Crippen molar-refractivity contribution in [3.05, 3.63) is 54.6 Å². The molecule has 0 aliphatic heterocycles. The molecule has 1 nitrogen and oxygen atoms in total. The van der Waals surface area contributed by atoms with Crippen molar-refractivity contribution in [1.82, 2.24) is 0 Å². The summed E-state index contributed by atoms with van der Waals surface area (Å²) in [5.74, 6) is 0. The summed E-state index contributed by atoms with van der Waals surface area (Å²) < 4.78 is 10.9. The first-order valence-electron chi connectivity index (χ1n) is 4.23. The van der Waals surface area contributed by atoms with E-state index in [2.05, 4.69) is 12.1 Å². The SMILES string of the molecule is O=Pc1ccccc1-c1c#cccc1. The summed E-state index contributed by atoms with van der Waals surface area (Å²) in [6, 6.07) is 19.1. The van der Waals surface area contributed by atoms with Gasteiger partial charge < -0.3 is 0 Å². The van der Waals surface area contributed by atoms with Gasteiger partial charge in [0.15, 0.2) is 8.46 Å². The summed E-state index contributed by atoms with van der Waals surface area (Å²) in [7, 11) is 0.0384. The van der Waals surface area contributed by atoms with Crippen molar-refractivity contribution in [3.8, 4) is 11.1 Å². The Hall–Kier alpha value is -1.64. The average molecular weight is 198 g/mol. The molecule has 0 fully saturated rings. The zero-order chi connectivity index (χ0) is 9.80. The maximum absolute atomic E-state index is 10.9. The molecule has 0 unspecified atom stereocenters. The number of hydrogen-bond donors (Lipinski definition) is 0. The monoisotopic (exact) mass is 198 g/mol. The third-order valence-corrected chi connectivity index (χ3v) is 2.53. The van der Waals surface area contributed by atoms with Crippen LogP contribution in [-0.2, 0) is 4.57 Å². The van der Waals surface area contributed by atoms with Crippen molar-refractivity contribution in [2.24, 2.45) is 0 Å². The van der Waals surface area contributed by atoms with Gasteiger partial charge in [-0.25, -0.2) is 0 Å². The molecule has 2 rings (SSSR count). The highest BCUT2D eigenvalue weighted by Gasteiger charge is 2.02. The van der Waals surface area contributed by atoms with Crippen LogP contribution in [0.3, 0.4) is 0 Å². The molecule has 0 radical (unpaired) electrons. The van der Waals surface area contributed by atoms with E-state index in [1.165, 1.54) is 0 Å². The number of benzene rings is 1. The zero-order valence-electron chi connectivity index (χ0n) is 7.40. The minimum Gasteiger partial charge on any atom is -0.269 e. The standard InChI is InChI=1S/C12H7OP/c13-14-12-9-5-4-8-11(12)10-6-2-1-3-7-10/h1-2,4-6,8-9H. The molecule has 0 heterocycles. The predicted molar refractivity (Wildman–Crippen MR) is 56.8 cm³/mol. The van der Waals surface area contributed by atoms with Gasteiger partial charge in [0.1, 0.15) is 0 Å². The van der Waals surface area contributed by atoms with Gasteiger partial charge in [-0.15, -0.1) is 0 Å². The molecule has 0 spiro atoms. The van der Waals surface area contributed by atoms with Gasteiger partial charge in [0, 0.05) is 11.1 Å². The lowest BCUT2D eigenvalue weighted by Gasteiger charge is -1.99. The van der Waals surface area contributed by atoms with E-state index in [4.69, 9.17) is 0 Å². The Bertz CT molecular complexity index is 437. The predicted octanol–water partition coefficient (Wildman–Crippen LogP) is 2.87. The Balaban J connectivity index is 2.57. The van der Waals surface area contributed by atoms with E-state index in [-0.39, 0.29) is 8.46 Å². The van der Waals surface area contributed by atoms with E-state index in [1.807, 2.05) is 36.4 Å². The van der Waals surface area contributed by atoms with Crippen molar-refractivity contribution >= 4 is 13.8 Å². The van der Waals surface area contributed by atoms with Crippen LogP contribution >= 0.6 is 8.46 Å². The Morgan fingerprint density at radius 1 is 1.07 bits per heavy atom. The Morgan fingerprint density at radius 3 is 2.64 bits per heavy atom. The average Bonchev–Trinajstić information content (AvgIpc) is 2.30. The van der Waals surface area contributed by atoms with Gasteiger partial charge >= 0.3 is 0 Å². The lowest BCUT2D eigenvalue weighted by atomic mass is 10.1. The molecule has 0 amide bonds.